The smallest absolute Gasteiger partial charge is 0.267 e. The lowest BCUT2D eigenvalue weighted by atomic mass is 10.2. The lowest BCUT2D eigenvalue weighted by Crippen LogP contribution is -2.35. The van der Waals surface area contributed by atoms with Crippen LogP contribution in [0.25, 0.3) is 11.4 Å². The molecule has 0 saturated carbocycles. The van der Waals surface area contributed by atoms with Crippen LogP contribution < -0.4 is 15.6 Å². The molecular weight excluding hydrogens is 336 g/mol. The van der Waals surface area contributed by atoms with E-state index < -0.39 is 0 Å². The quantitative estimate of drug-likeness (QED) is 0.608. The van der Waals surface area contributed by atoms with Gasteiger partial charge in [0.05, 0.1) is 12.2 Å². The fourth-order valence-electron chi connectivity index (χ4n) is 2.09. The lowest BCUT2D eigenvalue weighted by molar-refractivity contribution is -0.122. The number of carbonyl (C=O) groups is 1. The molecule has 3 heterocycles. The van der Waals surface area contributed by atoms with Gasteiger partial charge in [-0.3, -0.25) is 14.6 Å². The van der Waals surface area contributed by atoms with Crippen molar-refractivity contribution in [3.63, 3.8) is 0 Å². The van der Waals surface area contributed by atoms with Crippen molar-refractivity contribution >= 4 is 5.91 Å². The number of carbonyl (C=O) groups excluding carboxylic acids is 1. The topological polar surface area (TPSA) is 112 Å². The lowest BCUT2D eigenvalue weighted by Gasteiger charge is -2.07. The Balaban J connectivity index is 1.43. The molecule has 3 rings (SSSR count). The minimum Gasteiger partial charge on any atom is -0.475 e. The molecule has 0 saturated heterocycles. The third-order valence-corrected chi connectivity index (χ3v) is 3.32. The molecule has 3 aromatic heterocycles. The molecule has 26 heavy (non-hydrogen) atoms. The van der Waals surface area contributed by atoms with E-state index in [0.29, 0.717) is 11.6 Å². The molecule has 1 amide bonds. The van der Waals surface area contributed by atoms with Crippen molar-refractivity contribution in [2.24, 2.45) is 0 Å². The van der Waals surface area contributed by atoms with Crippen molar-refractivity contribution in [3.05, 3.63) is 65.2 Å². The van der Waals surface area contributed by atoms with Crippen molar-refractivity contribution in [1.82, 2.24) is 30.3 Å². The molecule has 9 nitrogen and oxygen atoms in total. The first-order valence-electron chi connectivity index (χ1n) is 7.89. The highest BCUT2D eigenvalue weighted by molar-refractivity contribution is 5.75. The summed E-state index contributed by atoms with van der Waals surface area (Å²) >= 11 is 0. The van der Waals surface area contributed by atoms with Gasteiger partial charge in [-0.15, -0.1) is 10.2 Å². The summed E-state index contributed by atoms with van der Waals surface area (Å²) in [6, 6.07) is 11.8. The maximum atomic E-state index is 11.8. The van der Waals surface area contributed by atoms with Crippen molar-refractivity contribution in [2.75, 3.05) is 13.2 Å². The van der Waals surface area contributed by atoms with Crippen LogP contribution in [0.5, 0.6) is 5.88 Å². The van der Waals surface area contributed by atoms with Gasteiger partial charge in [-0.2, -0.15) is 5.10 Å². The van der Waals surface area contributed by atoms with Crippen LogP contribution >= 0.6 is 0 Å². The zero-order chi connectivity index (χ0) is 18.2. The van der Waals surface area contributed by atoms with E-state index in [-0.39, 0.29) is 31.2 Å². The third kappa shape index (κ3) is 4.69. The van der Waals surface area contributed by atoms with Crippen LogP contribution in [0.4, 0.5) is 0 Å². The van der Waals surface area contributed by atoms with Gasteiger partial charge >= 0.3 is 0 Å². The van der Waals surface area contributed by atoms with Crippen LogP contribution in [0.1, 0.15) is 0 Å². The van der Waals surface area contributed by atoms with Gasteiger partial charge in [0.15, 0.2) is 0 Å². The van der Waals surface area contributed by atoms with Crippen molar-refractivity contribution in [2.45, 2.75) is 6.54 Å². The molecule has 0 bridgehead atoms. The molecule has 3 aromatic rings. The van der Waals surface area contributed by atoms with Gasteiger partial charge in [0, 0.05) is 24.5 Å². The second-order valence-electron chi connectivity index (χ2n) is 5.19. The van der Waals surface area contributed by atoms with Crippen LogP contribution in [-0.2, 0) is 11.3 Å². The van der Waals surface area contributed by atoms with E-state index in [0.717, 1.165) is 10.4 Å². The van der Waals surface area contributed by atoms with Gasteiger partial charge in [-0.1, -0.05) is 6.07 Å². The maximum Gasteiger partial charge on any atom is 0.267 e. The number of nitrogens with zero attached hydrogens (tertiary/aromatic N) is 5. The van der Waals surface area contributed by atoms with E-state index in [1.807, 2.05) is 18.2 Å². The Hall–Kier alpha value is -3.62. The number of pyridine rings is 1. The average Bonchev–Trinajstić information content (AvgIpc) is 2.68. The molecule has 1 N–H and O–H groups in total. The minimum atomic E-state index is -0.331. The molecule has 132 valence electrons. The monoisotopic (exact) mass is 352 g/mol. The largest absolute Gasteiger partial charge is 0.475 e. The highest BCUT2D eigenvalue weighted by Crippen LogP contribution is 2.14. The van der Waals surface area contributed by atoms with Crippen molar-refractivity contribution in [1.29, 1.82) is 0 Å². The number of ether oxygens (including phenoxy) is 1. The van der Waals surface area contributed by atoms with Gasteiger partial charge in [0.25, 0.3) is 5.56 Å². The number of hydrogen-bond acceptors (Lipinski definition) is 7. The SMILES string of the molecule is O=C(Cn1ncccc1=O)NCCOc1ccc(-c2ccccn2)nn1. The van der Waals surface area contributed by atoms with Crippen LogP contribution in [0.15, 0.2) is 59.7 Å². The number of amides is 1. The standard InChI is InChI=1S/C17H16N6O3/c24-15(12-23-17(25)5-3-9-20-23)19-10-11-26-16-7-6-14(21-22-16)13-4-1-2-8-18-13/h1-9H,10-12H2,(H,19,24). The molecule has 0 aliphatic carbocycles. The van der Waals surface area contributed by atoms with Crippen LogP contribution in [-0.4, -0.2) is 44.0 Å². The number of hydrogen-bond donors (Lipinski definition) is 1. The maximum absolute atomic E-state index is 11.8. The molecule has 0 atom stereocenters. The average molecular weight is 352 g/mol. The van der Waals surface area contributed by atoms with E-state index in [2.05, 4.69) is 25.6 Å². The summed E-state index contributed by atoms with van der Waals surface area (Å²) < 4.78 is 6.51. The number of nitrogens with one attached hydrogen (secondary N) is 1. The molecule has 0 radical (unpaired) electrons. The predicted octanol–water partition coefficient (Wildman–Crippen LogP) is 0.290. The van der Waals surface area contributed by atoms with Crippen molar-refractivity contribution < 1.29 is 9.53 Å². The van der Waals surface area contributed by atoms with Crippen LogP contribution in [0.2, 0.25) is 0 Å². The van der Waals surface area contributed by atoms with E-state index in [1.54, 1.807) is 18.3 Å². The van der Waals surface area contributed by atoms with Gasteiger partial charge in [-0.05, 0) is 24.3 Å². The molecule has 0 unspecified atom stereocenters. The Morgan fingerprint density at radius 2 is 1.96 bits per heavy atom. The first-order valence-corrected chi connectivity index (χ1v) is 7.89. The third-order valence-electron chi connectivity index (χ3n) is 3.32. The number of aromatic nitrogens is 5. The normalized spacial score (nSPS) is 10.3. The Kier molecular flexibility index (Phi) is 5.61. The first kappa shape index (κ1) is 17.2. The van der Waals surface area contributed by atoms with E-state index in [9.17, 15) is 9.59 Å². The summed E-state index contributed by atoms with van der Waals surface area (Å²) in [7, 11) is 0. The zero-order valence-electron chi connectivity index (χ0n) is 13.8. The summed E-state index contributed by atoms with van der Waals surface area (Å²) in [4.78, 5) is 27.4. The Morgan fingerprint density at radius 3 is 2.69 bits per heavy atom. The highest BCUT2D eigenvalue weighted by atomic mass is 16.5. The second-order valence-corrected chi connectivity index (χ2v) is 5.19. The summed E-state index contributed by atoms with van der Waals surface area (Å²) in [5.41, 5.74) is 1.04. The van der Waals surface area contributed by atoms with Crippen LogP contribution in [0, 0.1) is 0 Å². The molecule has 9 heteroatoms. The van der Waals surface area contributed by atoms with Gasteiger partial charge in [0.2, 0.25) is 11.8 Å². The fraction of sp³-hybridized carbons (Fsp3) is 0.176. The fourth-order valence-corrected chi connectivity index (χ4v) is 2.09. The van der Waals surface area contributed by atoms with E-state index >= 15 is 0 Å². The van der Waals surface area contributed by atoms with Gasteiger partial charge in [0.1, 0.15) is 18.8 Å². The second kappa shape index (κ2) is 8.47. The highest BCUT2D eigenvalue weighted by Gasteiger charge is 2.05. The molecule has 0 fully saturated rings. The molecule has 0 aliphatic heterocycles. The van der Waals surface area contributed by atoms with Crippen molar-refractivity contribution in [3.8, 4) is 17.3 Å². The Bertz CT molecular complexity index is 912. The molecular formula is C17H16N6O3. The number of rotatable bonds is 7. The predicted molar refractivity (Wildman–Crippen MR) is 92.3 cm³/mol. The summed E-state index contributed by atoms with van der Waals surface area (Å²) in [5.74, 6) is 0.0193. The summed E-state index contributed by atoms with van der Waals surface area (Å²) in [5, 5.41) is 14.5. The Morgan fingerprint density at radius 1 is 1.04 bits per heavy atom. The van der Waals surface area contributed by atoms with E-state index in [1.165, 1.54) is 18.3 Å². The molecule has 0 spiro atoms. The minimum absolute atomic E-state index is 0.141. The molecule has 0 aromatic carbocycles. The zero-order valence-corrected chi connectivity index (χ0v) is 13.8. The summed E-state index contributed by atoms with van der Waals surface area (Å²) in [6.07, 6.45) is 3.13. The molecule has 0 aliphatic rings. The Labute approximate surface area is 148 Å². The first-order chi connectivity index (χ1) is 12.7. The van der Waals surface area contributed by atoms with Crippen LogP contribution in [0.3, 0.4) is 0 Å². The van der Waals surface area contributed by atoms with E-state index in [4.69, 9.17) is 4.74 Å². The van der Waals surface area contributed by atoms with Gasteiger partial charge < -0.3 is 10.1 Å². The van der Waals surface area contributed by atoms with Gasteiger partial charge in [-0.25, -0.2) is 4.68 Å². The summed E-state index contributed by atoms with van der Waals surface area (Å²) in [6.45, 7) is 0.350.